The van der Waals surface area contributed by atoms with Gasteiger partial charge < -0.3 is 5.32 Å². The maximum absolute atomic E-state index is 12.0. The van der Waals surface area contributed by atoms with E-state index >= 15 is 0 Å². The topological polar surface area (TPSA) is 29.1 Å². The fraction of sp³-hybridized carbons (Fsp3) is 1.00. The highest BCUT2D eigenvalue weighted by Gasteiger charge is 2.21. The lowest BCUT2D eigenvalue weighted by Crippen LogP contribution is -2.29. The Bertz CT molecular complexity index is 202. The second-order valence-corrected chi connectivity index (χ2v) is 6.83. The molecule has 2 nitrogen and oxygen atoms in total. The molecule has 0 spiro atoms. The molecule has 1 rings (SSSR count). The molecule has 0 aromatic carbocycles. The molecule has 1 aliphatic carbocycles. The molecule has 0 heterocycles. The van der Waals surface area contributed by atoms with Crippen molar-refractivity contribution in [2.75, 3.05) is 12.8 Å². The lowest BCUT2D eigenvalue weighted by Gasteiger charge is -2.18. The summed E-state index contributed by atoms with van der Waals surface area (Å²) in [7, 11) is 1.35. The highest BCUT2D eigenvalue weighted by atomic mass is 32.2. The smallest absolute Gasteiger partial charge is 0.0334 e. The molecule has 3 unspecified atom stereocenters. The van der Waals surface area contributed by atoms with Crippen molar-refractivity contribution in [1.29, 1.82) is 0 Å². The first-order valence-electron chi connectivity index (χ1n) is 6.18. The number of hydrogen-bond acceptors (Lipinski definition) is 2. The van der Waals surface area contributed by atoms with Crippen molar-refractivity contribution in [3.8, 4) is 0 Å². The van der Waals surface area contributed by atoms with Gasteiger partial charge in [-0.1, -0.05) is 19.8 Å². The Hall–Kier alpha value is 0.110. The molecule has 1 fully saturated rings. The number of nitrogens with one attached hydrogen (secondary N) is 1. The van der Waals surface area contributed by atoms with Gasteiger partial charge in [-0.3, -0.25) is 4.21 Å². The quantitative estimate of drug-likeness (QED) is 0.760. The highest BCUT2D eigenvalue weighted by Crippen LogP contribution is 2.26. The van der Waals surface area contributed by atoms with Gasteiger partial charge in [-0.25, -0.2) is 0 Å². The molecule has 0 bridgehead atoms. The van der Waals surface area contributed by atoms with Crippen LogP contribution >= 0.6 is 0 Å². The van der Waals surface area contributed by atoms with Crippen LogP contribution in [0.15, 0.2) is 0 Å². The zero-order valence-corrected chi connectivity index (χ0v) is 11.1. The zero-order valence-electron chi connectivity index (χ0n) is 10.3. The van der Waals surface area contributed by atoms with Crippen molar-refractivity contribution in [2.24, 2.45) is 5.92 Å². The minimum Gasteiger partial charge on any atom is -0.317 e. The minimum atomic E-state index is -0.617. The average Bonchev–Trinajstić information content (AvgIpc) is 2.70. The monoisotopic (exact) mass is 231 g/mol. The summed E-state index contributed by atoms with van der Waals surface area (Å²) >= 11 is 0. The van der Waals surface area contributed by atoms with Crippen LogP contribution in [-0.2, 0) is 10.8 Å². The van der Waals surface area contributed by atoms with E-state index in [4.69, 9.17) is 0 Å². The summed E-state index contributed by atoms with van der Waals surface area (Å²) in [6.07, 6.45) is 6.34. The number of rotatable bonds is 6. The van der Waals surface area contributed by atoms with E-state index in [-0.39, 0.29) is 0 Å². The largest absolute Gasteiger partial charge is 0.317 e. The Balaban J connectivity index is 2.25. The summed E-state index contributed by atoms with van der Waals surface area (Å²) in [6, 6.07) is 0.479. The average molecular weight is 231 g/mol. The van der Waals surface area contributed by atoms with Crippen molar-refractivity contribution in [2.45, 2.75) is 57.2 Å². The summed E-state index contributed by atoms with van der Waals surface area (Å²) in [5.74, 6) is 1.69. The molecule has 0 radical (unpaired) electrons. The van der Waals surface area contributed by atoms with Crippen molar-refractivity contribution in [3.05, 3.63) is 0 Å². The second-order valence-electron chi connectivity index (χ2n) is 4.93. The van der Waals surface area contributed by atoms with Gasteiger partial charge in [0.2, 0.25) is 0 Å². The van der Waals surface area contributed by atoms with Crippen LogP contribution in [0.2, 0.25) is 0 Å². The molecule has 1 saturated carbocycles. The van der Waals surface area contributed by atoms with Gasteiger partial charge in [0.1, 0.15) is 0 Å². The molecule has 0 saturated heterocycles. The summed E-state index contributed by atoms with van der Waals surface area (Å²) in [5.41, 5.74) is 0. The molecular weight excluding hydrogens is 206 g/mol. The molecule has 3 atom stereocenters. The van der Waals surface area contributed by atoms with Gasteiger partial charge in [0.15, 0.2) is 0 Å². The number of hydrogen-bond donors (Lipinski definition) is 1. The van der Waals surface area contributed by atoms with Crippen molar-refractivity contribution in [1.82, 2.24) is 5.32 Å². The van der Waals surface area contributed by atoms with Crippen LogP contribution in [0.4, 0.5) is 0 Å². The van der Waals surface area contributed by atoms with Crippen LogP contribution in [0, 0.1) is 5.92 Å². The maximum atomic E-state index is 12.0. The van der Waals surface area contributed by atoms with Gasteiger partial charge in [0, 0.05) is 27.8 Å². The molecule has 0 amide bonds. The molecule has 0 aliphatic heterocycles. The predicted molar refractivity (Wildman–Crippen MR) is 67.6 cm³/mol. The van der Waals surface area contributed by atoms with E-state index in [0.29, 0.717) is 11.3 Å². The van der Waals surface area contributed by atoms with Gasteiger partial charge in [-0.15, -0.1) is 0 Å². The van der Waals surface area contributed by atoms with Gasteiger partial charge in [0.25, 0.3) is 0 Å². The zero-order chi connectivity index (χ0) is 11.3. The van der Waals surface area contributed by atoms with Crippen molar-refractivity contribution in [3.63, 3.8) is 0 Å². The van der Waals surface area contributed by atoms with Gasteiger partial charge >= 0.3 is 0 Å². The predicted octanol–water partition coefficient (Wildman–Crippen LogP) is 2.31. The summed E-state index contributed by atoms with van der Waals surface area (Å²) in [6.45, 7) is 4.28. The summed E-state index contributed by atoms with van der Waals surface area (Å²) in [5, 5.41) is 3.55. The van der Waals surface area contributed by atoms with Crippen LogP contribution in [0.1, 0.15) is 46.0 Å². The fourth-order valence-electron chi connectivity index (χ4n) is 2.30. The van der Waals surface area contributed by atoms with Crippen LogP contribution in [0.5, 0.6) is 0 Å². The highest BCUT2D eigenvalue weighted by molar-refractivity contribution is 7.85. The molecule has 3 heteroatoms. The lowest BCUT2D eigenvalue weighted by atomic mass is 10.1. The van der Waals surface area contributed by atoms with Gasteiger partial charge in [-0.05, 0) is 39.2 Å². The molecule has 15 heavy (non-hydrogen) atoms. The molecule has 0 aromatic heterocycles. The fourth-order valence-corrected chi connectivity index (χ4v) is 3.93. The van der Waals surface area contributed by atoms with Gasteiger partial charge in [0.05, 0.1) is 0 Å². The van der Waals surface area contributed by atoms with Crippen LogP contribution < -0.4 is 5.32 Å². The van der Waals surface area contributed by atoms with E-state index in [0.717, 1.165) is 18.1 Å². The second kappa shape index (κ2) is 6.64. The molecular formula is C12H25NOS. The summed E-state index contributed by atoms with van der Waals surface area (Å²) < 4.78 is 12.0. The van der Waals surface area contributed by atoms with E-state index in [2.05, 4.69) is 19.2 Å². The molecule has 1 N–H and O–H groups in total. The normalized spacial score (nSPS) is 23.9. The van der Waals surface area contributed by atoms with E-state index in [1.165, 1.54) is 25.7 Å². The third-order valence-corrected chi connectivity index (χ3v) is 5.39. The van der Waals surface area contributed by atoms with Crippen molar-refractivity contribution < 1.29 is 4.21 Å². The Labute approximate surface area is 96.7 Å². The SMILES string of the molecule is CNC(C)CC(C)S(=O)CC1CCCC1. The Morgan fingerprint density at radius 2 is 1.93 bits per heavy atom. The van der Waals surface area contributed by atoms with Gasteiger partial charge in [-0.2, -0.15) is 0 Å². The first-order valence-corrected chi connectivity index (χ1v) is 7.56. The summed E-state index contributed by atoms with van der Waals surface area (Å²) in [4.78, 5) is 0. The minimum absolute atomic E-state index is 0.341. The molecule has 0 aromatic rings. The van der Waals surface area contributed by atoms with Crippen LogP contribution in [0.3, 0.4) is 0 Å². The Kier molecular flexibility index (Phi) is 5.83. The third-order valence-electron chi connectivity index (χ3n) is 3.50. The van der Waals surface area contributed by atoms with E-state index in [1.807, 2.05) is 7.05 Å². The first-order chi connectivity index (χ1) is 7.13. The molecule has 1 aliphatic rings. The van der Waals surface area contributed by atoms with E-state index < -0.39 is 10.8 Å². The Morgan fingerprint density at radius 1 is 1.33 bits per heavy atom. The van der Waals surface area contributed by atoms with Crippen LogP contribution in [0.25, 0.3) is 0 Å². The first kappa shape index (κ1) is 13.2. The molecule has 90 valence electrons. The van der Waals surface area contributed by atoms with Crippen molar-refractivity contribution >= 4 is 10.8 Å². The Morgan fingerprint density at radius 3 is 2.47 bits per heavy atom. The van der Waals surface area contributed by atoms with E-state index in [1.54, 1.807) is 0 Å². The maximum Gasteiger partial charge on any atom is 0.0334 e. The standard InChI is InChI=1S/C12H25NOS/c1-10(13-3)8-11(2)15(14)9-12-6-4-5-7-12/h10-13H,4-9H2,1-3H3. The third kappa shape index (κ3) is 4.64. The lowest BCUT2D eigenvalue weighted by molar-refractivity contribution is 0.548. The van der Waals surface area contributed by atoms with E-state index in [9.17, 15) is 4.21 Å². The van der Waals surface area contributed by atoms with Crippen LogP contribution in [-0.4, -0.2) is 28.3 Å².